The molecule has 2 heterocycles. The van der Waals surface area contributed by atoms with Crippen LogP contribution < -0.4 is 14.8 Å². The van der Waals surface area contributed by atoms with Crippen LogP contribution in [0.3, 0.4) is 0 Å². The highest BCUT2D eigenvalue weighted by Gasteiger charge is 2.47. The van der Waals surface area contributed by atoms with E-state index in [1.807, 2.05) is 0 Å². The minimum Gasteiger partial charge on any atom is -0.472 e. The first-order valence-corrected chi connectivity index (χ1v) is 6.87. The van der Waals surface area contributed by atoms with Crippen LogP contribution in [0.1, 0.15) is 25.7 Å². The maximum Gasteiger partial charge on any atom is 0.292 e. The van der Waals surface area contributed by atoms with Crippen LogP contribution in [0.4, 0.5) is 0 Å². The Balaban J connectivity index is 1.66. The molecule has 1 saturated heterocycles. The van der Waals surface area contributed by atoms with E-state index in [0.717, 1.165) is 37.0 Å². The molecule has 2 aliphatic rings. The molecule has 1 N–H and O–H groups in total. The number of nitrogens with zero attached hydrogens (tertiary/aromatic N) is 2. The van der Waals surface area contributed by atoms with Gasteiger partial charge in [-0.15, -0.1) is 21.1 Å². The predicted molar refractivity (Wildman–Crippen MR) is 67.6 cm³/mol. The third kappa shape index (κ3) is 2.16. The number of ether oxygens (including phenoxy) is 2. The van der Waals surface area contributed by atoms with Gasteiger partial charge in [-0.25, -0.2) is 0 Å². The Labute approximate surface area is 110 Å². The summed E-state index contributed by atoms with van der Waals surface area (Å²) in [5.41, 5.74) is -0.245. The van der Waals surface area contributed by atoms with Crippen molar-refractivity contribution in [2.75, 3.05) is 13.2 Å². The first-order valence-electron chi connectivity index (χ1n) is 6.14. The van der Waals surface area contributed by atoms with Crippen molar-refractivity contribution in [3.63, 3.8) is 0 Å². The van der Waals surface area contributed by atoms with E-state index >= 15 is 0 Å². The van der Waals surface area contributed by atoms with Crippen molar-refractivity contribution < 1.29 is 9.47 Å². The summed E-state index contributed by atoms with van der Waals surface area (Å²) in [4.78, 5) is 0. The highest BCUT2D eigenvalue weighted by atomic mass is 32.1. The number of nitrogens with one attached hydrogen (secondary N) is 1. The number of hydrogen-bond acceptors (Lipinski definition) is 6. The van der Waals surface area contributed by atoms with Crippen molar-refractivity contribution in [2.24, 2.45) is 5.92 Å². The summed E-state index contributed by atoms with van der Waals surface area (Å²) in [6.07, 6.45) is 9.04. The van der Waals surface area contributed by atoms with Gasteiger partial charge < -0.3 is 9.47 Å². The Morgan fingerprint density at radius 2 is 2.39 bits per heavy atom. The zero-order valence-corrected chi connectivity index (χ0v) is 10.8. The molecule has 0 amide bonds. The van der Waals surface area contributed by atoms with Crippen LogP contribution >= 0.6 is 11.7 Å². The first-order chi connectivity index (χ1) is 8.81. The van der Waals surface area contributed by atoms with Crippen LogP contribution in [-0.2, 0) is 0 Å². The van der Waals surface area contributed by atoms with Gasteiger partial charge in [0.15, 0.2) is 5.72 Å². The van der Waals surface area contributed by atoms with E-state index in [-0.39, 0.29) is 5.72 Å². The Bertz CT molecular complexity index is 460. The van der Waals surface area contributed by atoms with Crippen molar-refractivity contribution in [1.82, 2.24) is 14.1 Å². The van der Waals surface area contributed by atoms with E-state index in [9.17, 15) is 0 Å². The fraction of sp³-hybridized carbons (Fsp3) is 0.667. The fourth-order valence-electron chi connectivity index (χ4n) is 2.62. The van der Waals surface area contributed by atoms with Gasteiger partial charge in [0.1, 0.15) is 6.61 Å². The van der Waals surface area contributed by atoms with E-state index in [1.54, 1.807) is 0 Å². The van der Waals surface area contributed by atoms with Crippen molar-refractivity contribution in [3.8, 4) is 24.1 Å². The summed E-state index contributed by atoms with van der Waals surface area (Å²) in [6.45, 7) is 1.48. The van der Waals surface area contributed by atoms with Gasteiger partial charge in [0, 0.05) is 25.8 Å². The molecule has 1 aromatic rings. The fourth-order valence-corrected chi connectivity index (χ4v) is 3.05. The number of piperidine rings is 1. The largest absolute Gasteiger partial charge is 0.472 e. The van der Waals surface area contributed by atoms with Crippen molar-refractivity contribution in [2.45, 2.75) is 31.4 Å². The van der Waals surface area contributed by atoms with E-state index in [2.05, 4.69) is 20.0 Å². The Hall–Kier alpha value is -1.32. The van der Waals surface area contributed by atoms with Gasteiger partial charge in [0.2, 0.25) is 0 Å². The van der Waals surface area contributed by atoms with Gasteiger partial charge in [0.05, 0.1) is 11.7 Å². The molecule has 6 heteroatoms. The Morgan fingerprint density at radius 3 is 3.06 bits per heavy atom. The zero-order valence-electron chi connectivity index (χ0n) is 10.0. The standard InChI is InChI=1S/C12H15N3O2S/c1-2-3-6-16-10-11(15-18-14-10)17-12-5-4-9(7-12)8-13-12/h1,9,13H,3-8H2. The molecule has 0 radical (unpaired) electrons. The number of terminal acetylenes is 1. The molecule has 1 saturated carbocycles. The highest BCUT2D eigenvalue weighted by Crippen LogP contribution is 2.42. The van der Waals surface area contributed by atoms with Crippen LogP contribution in [0.25, 0.3) is 0 Å². The lowest BCUT2D eigenvalue weighted by atomic mass is 10.1. The summed E-state index contributed by atoms with van der Waals surface area (Å²) >= 11 is 1.10. The maximum absolute atomic E-state index is 6.00. The molecule has 0 spiro atoms. The van der Waals surface area contributed by atoms with Gasteiger partial charge in [-0.2, -0.15) is 0 Å². The van der Waals surface area contributed by atoms with Crippen LogP contribution in [0.15, 0.2) is 0 Å². The lowest BCUT2D eigenvalue weighted by Crippen LogP contribution is -2.45. The molecule has 3 rings (SSSR count). The number of hydrogen-bond donors (Lipinski definition) is 1. The molecule has 1 aliphatic carbocycles. The maximum atomic E-state index is 6.00. The van der Waals surface area contributed by atoms with Gasteiger partial charge >= 0.3 is 0 Å². The van der Waals surface area contributed by atoms with Gasteiger partial charge in [-0.1, -0.05) is 0 Å². The van der Waals surface area contributed by atoms with Crippen LogP contribution in [0.2, 0.25) is 0 Å². The second kappa shape index (κ2) is 4.75. The van der Waals surface area contributed by atoms with E-state index in [0.29, 0.717) is 24.8 Å². The summed E-state index contributed by atoms with van der Waals surface area (Å²) in [6, 6.07) is 0. The molecule has 2 unspecified atom stereocenters. The molecule has 5 nitrogen and oxygen atoms in total. The monoisotopic (exact) mass is 265 g/mol. The molecule has 2 bridgehead atoms. The molecule has 1 aliphatic heterocycles. The van der Waals surface area contributed by atoms with Gasteiger partial charge in [-0.05, 0) is 12.3 Å². The highest BCUT2D eigenvalue weighted by molar-refractivity contribution is 6.99. The van der Waals surface area contributed by atoms with Crippen molar-refractivity contribution >= 4 is 11.7 Å². The lowest BCUT2D eigenvalue weighted by molar-refractivity contribution is 0.0479. The Morgan fingerprint density at radius 1 is 1.50 bits per heavy atom. The lowest BCUT2D eigenvalue weighted by Gasteiger charge is -2.27. The zero-order chi connectivity index (χ0) is 12.4. The topological polar surface area (TPSA) is 56.3 Å². The third-order valence-corrected chi connectivity index (χ3v) is 3.99. The van der Waals surface area contributed by atoms with E-state index < -0.39 is 0 Å². The predicted octanol–water partition coefficient (Wildman–Crippen LogP) is 1.42. The van der Waals surface area contributed by atoms with Crippen molar-refractivity contribution in [1.29, 1.82) is 0 Å². The summed E-state index contributed by atoms with van der Waals surface area (Å²) in [5, 5.41) is 3.43. The molecular formula is C12H15N3O2S. The van der Waals surface area contributed by atoms with Gasteiger partial charge in [-0.3, -0.25) is 5.32 Å². The SMILES string of the molecule is C#CCCOc1nsnc1OC12CCC(CN1)C2. The number of fused-ring (bicyclic) bond motifs is 2. The minimum absolute atomic E-state index is 0.245. The normalized spacial score (nSPS) is 29.2. The first kappa shape index (κ1) is 11.8. The van der Waals surface area contributed by atoms with E-state index in [1.165, 1.54) is 6.42 Å². The molecule has 0 aromatic carbocycles. The molecule has 96 valence electrons. The molecule has 1 aromatic heterocycles. The number of rotatable bonds is 5. The third-order valence-electron chi connectivity index (χ3n) is 3.50. The second-order valence-electron chi connectivity index (χ2n) is 4.76. The summed E-state index contributed by atoms with van der Waals surface area (Å²) < 4.78 is 19.7. The second-order valence-corrected chi connectivity index (χ2v) is 5.29. The Kier molecular flexibility index (Phi) is 3.10. The smallest absolute Gasteiger partial charge is 0.292 e. The average Bonchev–Trinajstić information content (AvgIpc) is 3.06. The molecular weight excluding hydrogens is 250 g/mol. The quantitative estimate of drug-likeness (QED) is 0.644. The minimum atomic E-state index is -0.245. The molecule has 2 fully saturated rings. The van der Waals surface area contributed by atoms with E-state index in [4.69, 9.17) is 15.9 Å². The van der Waals surface area contributed by atoms with Crippen molar-refractivity contribution in [3.05, 3.63) is 0 Å². The molecule has 2 atom stereocenters. The molecule has 18 heavy (non-hydrogen) atoms. The van der Waals surface area contributed by atoms with Gasteiger partial charge in [0.25, 0.3) is 11.8 Å². The number of aromatic nitrogens is 2. The summed E-state index contributed by atoms with van der Waals surface area (Å²) in [7, 11) is 0. The van der Waals surface area contributed by atoms with Crippen LogP contribution in [0.5, 0.6) is 11.8 Å². The average molecular weight is 265 g/mol. The van der Waals surface area contributed by atoms with Crippen LogP contribution in [-0.4, -0.2) is 27.6 Å². The van der Waals surface area contributed by atoms with Crippen LogP contribution in [0, 0.1) is 18.3 Å². The summed E-state index contributed by atoms with van der Waals surface area (Å²) in [5.74, 6) is 4.22.